The molecule has 1 aliphatic heterocycles. The number of fused-ring (bicyclic) bond motifs is 1. The standard InChI is InChI=1S/C16H14N2O2/c1-10-7-12(8-11(2)17-10)9-18-15(19)13-5-3-4-6-14(13)16(18)20/h3-8H,9H2,1-2H3. The van der Waals surface area contributed by atoms with Crippen molar-refractivity contribution < 1.29 is 9.59 Å². The van der Waals surface area contributed by atoms with E-state index in [9.17, 15) is 9.59 Å². The zero-order valence-corrected chi connectivity index (χ0v) is 11.4. The number of nitrogens with zero attached hydrogens (tertiary/aromatic N) is 2. The molecule has 0 bridgehead atoms. The van der Waals surface area contributed by atoms with Crippen molar-refractivity contribution >= 4 is 11.8 Å². The van der Waals surface area contributed by atoms with E-state index in [-0.39, 0.29) is 18.4 Å². The van der Waals surface area contributed by atoms with Crippen LogP contribution in [0, 0.1) is 13.8 Å². The normalized spacial score (nSPS) is 13.8. The lowest BCUT2D eigenvalue weighted by Crippen LogP contribution is -2.29. The highest BCUT2D eigenvalue weighted by atomic mass is 16.2. The number of amides is 2. The summed E-state index contributed by atoms with van der Waals surface area (Å²) in [6.07, 6.45) is 0. The fraction of sp³-hybridized carbons (Fsp3) is 0.188. The zero-order valence-electron chi connectivity index (χ0n) is 11.4. The van der Waals surface area contributed by atoms with Gasteiger partial charge in [-0.2, -0.15) is 0 Å². The number of carbonyl (C=O) groups is 2. The molecule has 2 heterocycles. The molecule has 4 heteroatoms. The van der Waals surface area contributed by atoms with E-state index >= 15 is 0 Å². The van der Waals surface area contributed by atoms with Crippen LogP contribution in [-0.4, -0.2) is 21.7 Å². The predicted molar refractivity (Wildman–Crippen MR) is 74.4 cm³/mol. The molecule has 1 aromatic carbocycles. The van der Waals surface area contributed by atoms with E-state index in [2.05, 4.69) is 4.98 Å². The maximum atomic E-state index is 12.3. The van der Waals surface area contributed by atoms with Crippen LogP contribution in [0.15, 0.2) is 36.4 Å². The number of aromatic nitrogens is 1. The number of benzene rings is 1. The molecule has 0 unspecified atom stereocenters. The molecular weight excluding hydrogens is 252 g/mol. The first-order valence-electron chi connectivity index (χ1n) is 6.45. The Morgan fingerprint density at radius 1 is 0.950 bits per heavy atom. The number of hydrogen-bond donors (Lipinski definition) is 0. The van der Waals surface area contributed by atoms with E-state index in [1.807, 2.05) is 26.0 Å². The summed E-state index contributed by atoms with van der Waals surface area (Å²) in [5.41, 5.74) is 3.66. The summed E-state index contributed by atoms with van der Waals surface area (Å²) in [5, 5.41) is 0. The van der Waals surface area contributed by atoms with Gasteiger partial charge in [-0.15, -0.1) is 0 Å². The smallest absolute Gasteiger partial charge is 0.261 e. The second-order valence-corrected chi connectivity index (χ2v) is 5.00. The number of imide groups is 1. The molecule has 0 atom stereocenters. The second kappa shape index (κ2) is 4.56. The number of hydrogen-bond acceptors (Lipinski definition) is 3. The molecule has 0 fully saturated rings. The molecule has 0 N–H and O–H groups in total. The Balaban J connectivity index is 1.93. The third-order valence-corrected chi connectivity index (χ3v) is 3.36. The molecule has 20 heavy (non-hydrogen) atoms. The van der Waals surface area contributed by atoms with Crippen molar-refractivity contribution in [2.45, 2.75) is 20.4 Å². The molecule has 2 amide bonds. The van der Waals surface area contributed by atoms with Gasteiger partial charge in [0.25, 0.3) is 11.8 Å². The van der Waals surface area contributed by atoms with Crippen LogP contribution in [0.25, 0.3) is 0 Å². The van der Waals surface area contributed by atoms with Gasteiger partial charge in [-0.05, 0) is 43.7 Å². The van der Waals surface area contributed by atoms with Gasteiger partial charge in [-0.1, -0.05) is 12.1 Å². The van der Waals surface area contributed by atoms with Crippen molar-refractivity contribution in [2.75, 3.05) is 0 Å². The molecule has 3 rings (SSSR count). The number of carbonyl (C=O) groups excluding carboxylic acids is 2. The number of rotatable bonds is 2. The van der Waals surface area contributed by atoms with Gasteiger partial charge in [0.05, 0.1) is 17.7 Å². The van der Waals surface area contributed by atoms with E-state index < -0.39 is 0 Å². The van der Waals surface area contributed by atoms with Crippen molar-refractivity contribution in [1.29, 1.82) is 0 Å². The number of aryl methyl sites for hydroxylation is 2. The van der Waals surface area contributed by atoms with Gasteiger partial charge in [0.15, 0.2) is 0 Å². The van der Waals surface area contributed by atoms with Crippen LogP contribution in [-0.2, 0) is 6.54 Å². The summed E-state index contributed by atoms with van der Waals surface area (Å²) in [6, 6.07) is 10.7. The quantitative estimate of drug-likeness (QED) is 0.785. The second-order valence-electron chi connectivity index (χ2n) is 5.00. The molecule has 100 valence electrons. The summed E-state index contributed by atoms with van der Waals surface area (Å²) in [4.78, 5) is 30.1. The first-order valence-corrected chi connectivity index (χ1v) is 6.45. The van der Waals surface area contributed by atoms with E-state index in [4.69, 9.17) is 0 Å². The highest BCUT2D eigenvalue weighted by Gasteiger charge is 2.34. The molecule has 0 saturated heterocycles. The van der Waals surface area contributed by atoms with Crippen LogP contribution in [0.4, 0.5) is 0 Å². The molecular formula is C16H14N2O2. The first kappa shape index (κ1) is 12.5. The van der Waals surface area contributed by atoms with Crippen molar-refractivity contribution in [3.8, 4) is 0 Å². The van der Waals surface area contributed by atoms with Crippen LogP contribution in [0.5, 0.6) is 0 Å². The highest BCUT2D eigenvalue weighted by molar-refractivity contribution is 6.21. The van der Waals surface area contributed by atoms with E-state index in [1.165, 1.54) is 4.90 Å². The molecule has 4 nitrogen and oxygen atoms in total. The molecule has 0 saturated carbocycles. The van der Waals surface area contributed by atoms with Crippen LogP contribution in [0.2, 0.25) is 0 Å². The minimum absolute atomic E-state index is 0.224. The first-order chi connectivity index (χ1) is 9.56. The number of pyridine rings is 1. The average molecular weight is 266 g/mol. The molecule has 0 spiro atoms. The van der Waals surface area contributed by atoms with E-state index in [0.29, 0.717) is 11.1 Å². The monoisotopic (exact) mass is 266 g/mol. The topological polar surface area (TPSA) is 50.3 Å². The molecule has 0 radical (unpaired) electrons. The zero-order chi connectivity index (χ0) is 14.3. The van der Waals surface area contributed by atoms with Crippen LogP contribution < -0.4 is 0 Å². The fourth-order valence-corrected chi connectivity index (χ4v) is 2.58. The third kappa shape index (κ3) is 1.99. The van der Waals surface area contributed by atoms with Gasteiger partial charge >= 0.3 is 0 Å². The van der Waals surface area contributed by atoms with E-state index in [1.54, 1.807) is 24.3 Å². The Morgan fingerprint density at radius 2 is 1.45 bits per heavy atom. The molecule has 1 aliphatic rings. The minimum atomic E-state index is -0.224. The Labute approximate surface area is 117 Å². The summed E-state index contributed by atoms with van der Waals surface area (Å²) in [6.45, 7) is 4.09. The van der Waals surface area contributed by atoms with Gasteiger partial charge in [0.1, 0.15) is 0 Å². The SMILES string of the molecule is Cc1cc(CN2C(=O)c3ccccc3C2=O)cc(C)n1. The lowest BCUT2D eigenvalue weighted by Gasteiger charge is -2.14. The van der Waals surface area contributed by atoms with E-state index in [0.717, 1.165) is 17.0 Å². The van der Waals surface area contributed by atoms with Gasteiger partial charge in [-0.25, -0.2) is 0 Å². The van der Waals surface area contributed by atoms with Gasteiger partial charge < -0.3 is 0 Å². The van der Waals surface area contributed by atoms with Crippen LogP contribution >= 0.6 is 0 Å². The average Bonchev–Trinajstić information content (AvgIpc) is 2.64. The maximum Gasteiger partial charge on any atom is 0.261 e. The maximum absolute atomic E-state index is 12.3. The predicted octanol–water partition coefficient (Wildman–Crippen LogP) is 2.49. The Bertz CT molecular complexity index is 667. The third-order valence-electron chi connectivity index (χ3n) is 3.36. The molecule has 0 aliphatic carbocycles. The van der Waals surface area contributed by atoms with Crippen molar-refractivity contribution in [3.63, 3.8) is 0 Å². The lowest BCUT2D eigenvalue weighted by molar-refractivity contribution is 0.0642. The summed E-state index contributed by atoms with van der Waals surface area (Å²) < 4.78 is 0. The Kier molecular flexibility index (Phi) is 2.86. The van der Waals surface area contributed by atoms with Gasteiger partial charge in [-0.3, -0.25) is 19.5 Å². The lowest BCUT2D eigenvalue weighted by atomic mass is 10.1. The van der Waals surface area contributed by atoms with Crippen molar-refractivity contribution in [1.82, 2.24) is 9.88 Å². The van der Waals surface area contributed by atoms with Crippen molar-refractivity contribution in [3.05, 3.63) is 64.5 Å². The minimum Gasteiger partial charge on any atom is -0.270 e. The Morgan fingerprint density at radius 3 is 1.95 bits per heavy atom. The Hall–Kier alpha value is -2.49. The van der Waals surface area contributed by atoms with Crippen LogP contribution in [0.1, 0.15) is 37.7 Å². The van der Waals surface area contributed by atoms with Crippen LogP contribution in [0.3, 0.4) is 0 Å². The van der Waals surface area contributed by atoms with Crippen molar-refractivity contribution in [2.24, 2.45) is 0 Å². The fourth-order valence-electron chi connectivity index (χ4n) is 2.58. The molecule has 2 aromatic rings. The summed E-state index contributed by atoms with van der Waals surface area (Å²) >= 11 is 0. The summed E-state index contributed by atoms with van der Waals surface area (Å²) in [5.74, 6) is -0.449. The molecule has 1 aromatic heterocycles. The van der Waals surface area contributed by atoms with Gasteiger partial charge in [0.2, 0.25) is 0 Å². The van der Waals surface area contributed by atoms with Gasteiger partial charge in [0, 0.05) is 11.4 Å². The summed E-state index contributed by atoms with van der Waals surface area (Å²) in [7, 11) is 0. The highest BCUT2D eigenvalue weighted by Crippen LogP contribution is 2.24. The largest absolute Gasteiger partial charge is 0.270 e.